The van der Waals surface area contributed by atoms with E-state index in [0.717, 1.165) is 12.0 Å². The molecule has 4 rings (SSSR count). The molecular weight excluding hydrogens is 388 g/mol. The molecule has 1 aromatic carbocycles. The van der Waals surface area contributed by atoms with Crippen LogP contribution in [0, 0.1) is 0 Å². The number of rotatable bonds is 3. The number of nitrogens with zero attached hydrogens (tertiary/aromatic N) is 4. The first-order chi connectivity index (χ1) is 14.5. The number of hydrogen-bond donors (Lipinski definition) is 1. The van der Waals surface area contributed by atoms with E-state index in [0.29, 0.717) is 38.3 Å². The van der Waals surface area contributed by atoms with Crippen LogP contribution < -0.4 is 5.56 Å². The van der Waals surface area contributed by atoms with Gasteiger partial charge in [0.2, 0.25) is 5.75 Å². The summed E-state index contributed by atoms with van der Waals surface area (Å²) in [6.45, 7) is 1.54. The van der Waals surface area contributed by atoms with Gasteiger partial charge in [0.05, 0.1) is 6.04 Å². The second-order valence-corrected chi connectivity index (χ2v) is 7.60. The van der Waals surface area contributed by atoms with E-state index in [1.165, 1.54) is 4.90 Å². The summed E-state index contributed by atoms with van der Waals surface area (Å²) < 4.78 is 7.07. The molecule has 2 aliphatic heterocycles. The number of aromatic hydroxyl groups is 1. The van der Waals surface area contributed by atoms with Gasteiger partial charge in [-0.2, -0.15) is 4.98 Å². The normalized spacial score (nSPS) is 18.8. The lowest BCUT2D eigenvalue weighted by Crippen LogP contribution is -2.36. The molecule has 2 aliphatic rings. The van der Waals surface area contributed by atoms with Crippen LogP contribution >= 0.6 is 0 Å². The molecule has 0 spiro atoms. The second-order valence-electron chi connectivity index (χ2n) is 7.60. The monoisotopic (exact) mass is 412 g/mol. The van der Waals surface area contributed by atoms with Crippen molar-refractivity contribution in [2.75, 3.05) is 20.1 Å². The van der Waals surface area contributed by atoms with E-state index in [4.69, 9.17) is 4.74 Å². The van der Waals surface area contributed by atoms with Crippen molar-refractivity contribution >= 4 is 12.0 Å². The van der Waals surface area contributed by atoms with Gasteiger partial charge in [-0.25, -0.2) is 4.79 Å². The fourth-order valence-corrected chi connectivity index (χ4v) is 4.06. The molecule has 9 heteroatoms. The van der Waals surface area contributed by atoms with Gasteiger partial charge in [0.25, 0.3) is 5.91 Å². The van der Waals surface area contributed by atoms with E-state index in [9.17, 15) is 19.5 Å². The maximum absolute atomic E-state index is 12.8. The fourth-order valence-electron chi connectivity index (χ4n) is 4.06. The highest BCUT2D eigenvalue weighted by Gasteiger charge is 2.37. The zero-order valence-electron chi connectivity index (χ0n) is 16.8. The van der Waals surface area contributed by atoms with Gasteiger partial charge in [0.1, 0.15) is 12.4 Å². The van der Waals surface area contributed by atoms with Crippen molar-refractivity contribution < 1.29 is 19.4 Å². The SMILES string of the molecule is CN1CCCn2c([C@@H]3CCCN3C(=O)OCc3ccccc3)nc(=O)c(O)c2C1=O. The highest BCUT2D eigenvalue weighted by molar-refractivity contribution is 5.95. The van der Waals surface area contributed by atoms with Gasteiger partial charge in [0, 0.05) is 26.7 Å². The molecule has 2 amide bonds. The van der Waals surface area contributed by atoms with Crippen molar-refractivity contribution in [1.82, 2.24) is 19.4 Å². The molecule has 9 nitrogen and oxygen atoms in total. The topological polar surface area (TPSA) is 105 Å². The van der Waals surface area contributed by atoms with Gasteiger partial charge < -0.3 is 19.3 Å². The smallest absolute Gasteiger partial charge is 0.410 e. The number of carbonyl (C=O) groups excluding carboxylic acids is 2. The second kappa shape index (κ2) is 8.17. The third-order valence-electron chi connectivity index (χ3n) is 5.60. The summed E-state index contributed by atoms with van der Waals surface area (Å²) in [6, 6.07) is 8.89. The first-order valence-corrected chi connectivity index (χ1v) is 10.0. The number of likely N-dealkylation sites (tertiary alicyclic amines) is 1. The summed E-state index contributed by atoms with van der Waals surface area (Å²) in [5.74, 6) is -0.749. The van der Waals surface area contributed by atoms with E-state index in [2.05, 4.69) is 4.98 Å². The summed E-state index contributed by atoms with van der Waals surface area (Å²) in [7, 11) is 1.63. The van der Waals surface area contributed by atoms with Crippen molar-refractivity contribution in [2.45, 2.75) is 38.5 Å². The molecule has 1 N–H and O–H groups in total. The van der Waals surface area contributed by atoms with Crippen molar-refractivity contribution in [3.63, 3.8) is 0 Å². The third-order valence-corrected chi connectivity index (χ3v) is 5.60. The number of fused-ring (bicyclic) bond motifs is 1. The molecule has 30 heavy (non-hydrogen) atoms. The summed E-state index contributed by atoms with van der Waals surface area (Å²) >= 11 is 0. The zero-order valence-corrected chi connectivity index (χ0v) is 16.8. The lowest BCUT2D eigenvalue weighted by molar-refractivity contribution is 0.0791. The van der Waals surface area contributed by atoms with Crippen LogP contribution in [0.4, 0.5) is 4.79 Å². The Morgan fingerprint density at radius 1 is 1.17 bits per heavy atom. The van der Waals surface area contributed by atoms with Gasteiger partial charge in [-0.05, 0) is 24.8 Å². The highest BCUT2D eigenvalue weighted by Crippen LogP contribution is 2.33. The van der Waals surface area contributed by atoms with Crippen LogP contribution in [0.15, 0.2) is 35.1 Å². The Morgan fingerprint density at radius 3 is 2.70 bits per heavy atom. The van der Waals surface area contributed by atoms with Crippen molar-refractivity contribution in [3.05, 3.63) is 57.8 Å². The standard InChI is InChI=1S/C21H24N4O5/c1-23-10-6-12-25-16(20(23)28)17(26)19(27)22-18(25)15-9-5-11-24(15)21(29)30-13-14-7-3-2-4-8-14/h2-4,7-8,15,26H,5-6,9-13H2,1H3/t15-/m0/s1. The number of amides is 2. The molecule has 158 valence electrons. The van der Waals surface area contributed by atoms with Gasteiger partial charge in [-0.15, -0.1) is 0 Å². The minimum Gasteiger partial charge on any atom is -0.501 e. The minimum atomic E-state index is -0.857. The Hall–Kier alpha value is -3.36. The quantitative estimate of drug-likeness (QED) is 0.826. The highest BCUT2D eigenvalue weighted by atomic mass is 16.6. The molecule has 0 bridgehead atoms. The molecule has 0 unspecified atom stereocenters. The number of aromatic nitrogens is 2. The Labute approximate surface area is 173 Å². The average molecular weight is 412 g/mol. The number of benzene rings is 1. The van der Waals surface area contributed by atoms with Crippen molar-refractivity contribution in [2.24, 2.45) is 0 Å². The Kier molecular flexibility index (Phi) is 5.43. The molecule has 0 aliphatic carbocycles. The van der Waals surface area contributed by atoms with Crippen LogP contribution in [0.25, 0.3) is 0 Å². The van der Waals surface area contributed by atoms with E-state index in [1.54, 1.807) is 16.5 Å². The first-order valence-electron chi connectivity index (χ1n) is 10.0. The number of hydrogen-bond acceptors (Lipinski definition) is 6. The Morgan fingerprint density at radius 2 is 1.93 bits per heavy atom. The van der Waals surface area contributed by atoms with E-state index < -0.39 is 29.4 Å². The third kappa shape index (κ3) is 3.62. The maximum atomic E-state index is 12.8. The Bertz CT molecular complexity index is 1020. The van der Waals surface area contributed by atoms with Crippen LogP contribution in [-0.2, 0) is 17.9 Å². The fraction of sp³-hybridized carbons (Fsp3) is 0.429. The number of ether oxygens (including phenoxy) is 1. The molecule has 1 atom stereocenters. The Balaban J connectivity index is 1.64. The zero-order chi connectivity index (χ0) is 21.3. The molecule has 1 aromatic heterocycles. The number of carbonyl (C=O) groups is 2. The van der Waals surface area contributed by atoms with Gasteiger partial charge in [0.15, 0.2) is 5.69 Å². The van der Waals surface area contributed by atoms with Crippen molar-refractivity contribution in [1.29, 1.82) is 0 Å². The van der Waals surface area contributed by atoms with Crippen molar-refractivity contribution in [3.8, 4) is 5.75 Å². The average Bonchev–Trinajstić information content (AvgIpc) is 3.18. The van der Waals surface area contributed by atoms with E-state index in [1.807, 2.05) is 30.3 Å². The lowest BCUT2D eigenvalue weighted by Gasteiger charge is -2.26. The molecule has 1 fully saturated rings. The molecule has 1 saturated heterocycles. The predicted octanol–water partition coefficient (Wildman–Crippen LogP) is 1.90. The molecule has 0 radical (unpaired) electrons. The lowest BCUT2D eigenvalue weighted by atomic mass is 10.2. The summed E-state index contributed by atoms with van der Waals surface area (Å²) in [6.07, 6.45) is 1.49. The molecule has 3 heterocycles. The van der Waals surface area contributed by atoms with Gasteiger partial charge in [-0.3, -0.25) is 14.5 Å². The molecule has 2 aromatic rings. The summed E-state index contributed by atoms with van der Waals surface area (Å²) in [4.78, 5) is 44.9. The summed E-state index contributed by atoms with van der Waals surface area (Å²) in [5.41, 5.74) is -0.0398. The van der Waals surface area contributed by atoms with Crippen LogP contribution in [0.1, 0.15) is 47.2 Å². The predicted molar refractivity (Wildman–Crippen MR) is 107 cm³/mol. The summed E-state index contributed by atoms with van der Waals surface area (Å²) in [5, 5.41) is 10.3. The van der Waals surface area contributed by atoms with E-state index >= 15 is 0 Å². The minimum absolute atomic E-state index is 0.0606. The maximum Gasteiger partial charge on any atom is 0.410 e. The van der Waals surface area contributed by atoms with Gasteiger partial charge in [-0.1, -0.05) is 30.3 Å². The first kappa shape index (κ1) is 19.9. The van der Waals surface area contributed by atoms with Crippen LogP contribution in [0.3, 0.4) is 0 Å². The van der Waals surface area contributed by atoms with E-state index in [-0.39, 0.29) is 12.3 Å². The van der Waals surface area contributed by atoms with Gasteiger partial charge >= 0.3 is 11.7 Å². The van der Waals surface area contributed by atoms with Crippen LogP contribution in [0.5, 0.6) is 5.75 Å². The molecule has 0 saturated carbocycles. The largest absolute Gasteiger partial charge is 0.501 e. The molecular formula is C21H24N4O5. The van der Waals surface area contributed by atoms with Crippen LogP contribution in [0.2, 0.25) is 0 Å². The van der Waals surface area contributed by atoms with Crippen LogP contribution in [-0.4, -0.2) is 56.6 Å².